The Morgan fingerprint density at radius 2 is 1.68 bits per heavy atom. The minimum atomic E-state index is -0.228. The third-order valence-electron chi connectivity index (χ3n) is 5.22. The van der Waals surface area contributed by atoms with E-state index in [-0.39, 0.29) is 17.6 Å². The van der Waals surface area contributed by atoms with Gasteiger partial charge in [0.15, 0.2) is 5.78 Å². The maximum atomic E-state index is 13.0. The Kier molecular flexibility index (Phi) is 5.43. The van der Waals surface area contributed by atoms with Crippen molar-refractivity contribution < 1.29 is 4.79 Å². The molecule has 0 N–H and O–H groups in total. The van der Waals surface area contributed by atoms with E-state index < -0.39 is 0 Å². The van der Waals surface area contributed by atoms with Gasteiger partial charge in [0.2, 0.25) is 0 Å². The molecule has 154 valence electrons. The average molecular weight is 448 g/mol. The summed E-state index contributed by atoms with van der Waals surface area (Å²) in [6, 6.07) is 16.4. The van der Waals surface area contributed by atoms with Crippen molar-refractivity contribution >= 4 is 40.4 Å². The fourth-order valence-electron chi connectivity index (χ4n) is 3.48. The number of carbonyl (C=O) groups excluding carboxylic acids is 1. The highest BCUT2D eigenvalue weighted by Crippen LogP contribution is 2.41. The van der Waals surface area contributed by atoms with Crippen LogP contribution >= 0.6 is 23.2 Å². The fraction of sp³-hybridized carbons (Fsp3) is 0.200. The van der Waals surface area contributed by atoms with E-state index in [1.165, 1.54) is 0 Å². The van der Waals surface area contributed by atoms with Gasteiger partial charge < -0.3 is 0 Å². The van der Waals surface area contributed by atoms with Gasteiger partial charge in [-0.3, -0.25) is 9.79 Å². The van der Waals surface area contributed by atoms with Gasteiger partial charge in [-0.2, -0.15) is 5.26 Å². The Morgan fingerprint density at radius 3 is 2.29 bits per heavy atom. The van der Waals surface area contributed by atoms with Crippen molar-refractivity contribution in [3.05, 3.63) is 69.8 Å². The zero-order valence-electron chi connectivity index (χ0n) is 17.3. The van der Waals surface area contributed by atoms with E-state index in [4.69, 9.17) is 33.2 Å². The Labute approximate surface area is 191 Å². The van der Waals surface area contributed by atoms with Crippen molar-refractivity contribution in [3.63, 3.8) is 0 Å². The number of pyridine rings is 1. The van der Waals surface area contributed by atoms with Crippen LogP contribution in [0.3, 0.4) is 0 Å². The number of rotatable bonds is 2. The number of Topliss-reactive ketones (excluding diaryl/α,β-unsaturated/α-hetero) is 1. The molecule has 0 saturated carbocycles. The van der Waals surface area contributed by atoms with Crippen LogP contribution in [0.4, 0.5) is 5.69 Å². The van der Waals surface area contributed by atoms with Crippen LogP contribution in [0, 0.1) is 16.7 Å². The number of hydrogen-bond acceptors (Lipinski definition) is 4. The van der Waals surface area contributed by atoms with E-state index in [1.807, 2.05) is 39.0 Å². The van der Waals surface area contributed by atoms with E-state index >= 15 is 0 Å². The second-order valence-electron chi connectivity index (χ2n) is 8.47. The van der Waals surface area contributed by atoms with Crippen LogP contribution in [0.15, 0.2) is 53.5 Å². The highest BCUT2D eigenvalue weighted by atomic mass is 35.5. The summed E-state index contributed by atoms with van der Waals surface area (Å²) in [6.45, 7) is 6.12. The monoisotopic (exact) mass is 447 g/mol. The first kappa shape index (κ1) is 21.2. The van der Waals surface area contributed by atoms with Crippen LogP contribution in [0.2, 0.25) is 10.0 Å². The Hall–Kier alpha value is -3.00. The number of fused-ring (bicyclic) bond motifs is 1. The molecule has 0 bridgehead atoms. The van der Waals surface area contributed by atoms with Crippen LogP contribution in [0.5, 0.6) is 0 Å². The van der Waals surface area contributed by atoms with Crippen molar-refractivity contribution in [2.75, 3.05) is 0 Å². The predicted molar refractivity (Wildman–Crippen MR) is 125 cm³/mol. The molecule has 0 atom stereocenters. The molecule has 0 radical (unpaired) electrons. The Balaban J connectivity index is 2.01. The highest BCUT2D eigenvalue weighted by Gasteiger charge is 2.30. The standard InChI is InChI=1S/C25H19Cl2N3O/c1-25(2,3)22-12-21(31)24-20(29-22)11-18(17-9-4-14(13-28)10-19(17)27)23(30-24)15-5-7-16(26)8-6-15/h4-11H,12H2,1-3H3. The van der Waals surface area contributed by atoms with Crippen LogP contribution in [-0.4, -0.2) is 16.5 Å². The summed E-state index contributed by atoms with van der Waals surface area (Å²) in [4.78, 5) is 22.5. The lowest BCUT2D eigenvalue weighted by molar-refractivity contribution is 0.0992. The molecule has 0 amide bonds. The van der Waals surface area contributed by atoms with Gasteiger partial charge in [-0.25, -0.2) is 4.98 Å². The van der Waals surface area contributed by atoms with Gasteiger partial charge in [0.05, 0.1) is 29.4 Å². The van der Waals surface area contributed by atoms with Crippen LogP contribution in [-0.2, 0) is 0 Å². The molecule has 1 aliphatic rings. The summed E-state index contributed by atoms with van der Waals surface area (Å²) < 4.78 is 0. The maximum Gasteiger partial charge on any atom is 0.189 e. The molecule has 6 heteroatoms. The summed E-state index contributed by atoms with van der Waals surface area (Å²) in [6.07, 6.45) is 0.251. The predicted octanol–water partition coefficient (Wildman–Crippen LogP) is 7.30. The third-order valence-corrected chi connectivity index (χ3v) is 5.79. The SMILES string of the molecule is CC(C)(C)C1=Nc2cc(-c3ccc(C#N)cc3Cl)c(-c3ccc(Cl)cc3)nc2C(=O)C1. The Bertz CT molecular complexity index is 1280. The van der Waals surface area contributed by atoms with Gasteiger partial charge in [-0.05, 0) is 30.3 Å². The molecule has 3 aromatic rings. The van der Waals surface area contributed by atoms with Crippen molar-refractivity contribution in [1.29, 1.82) is 5.26 Å². The lowest BCUT2D eigenvalue weighted by atomic mass is 9.84. The molecule has 0 aliphatic carbocycles. The van der Waals surface area contributed by atoms with Crippen molar-refractivity contribution in [1.82, 2.24) is 4.98 Å². The topological polar surface area (TPSA) is 66.1 Å². The number of hydrogen-bond donors (Lipinski definition) is 0. The first-order valence-electron chi connectivity index (χ1n) is 9.79. The van der Waals surface area contributed by atoms with E-state index in [9.17, 15) is 10.1 Å². The zero-order chi connectivity index (χ0) is 22.3. The highest BCUT2D eigenvalue weighted by molar-refractivity contribution is 6.33. The Morgan fingerprint density at radius 1 is 0.968 bits per heavy atom. The second kappa shape index (κ2) is 7.92. The summed E-state index contributed by atoms with van der Waals surface area (Å²) >= 11 is 12.6. The number of ketones is 1. The number of benzene rings is 2. The molecule has 0 fully saturated rings. The molecule has 0 saturated heterocycles. The van der Waals surface area contributed by atoms with Gasteiger partial charge in [-0.15, -0.1) is 0 Å². The number of aromatic nitrogens is 1. The number of nitriles is 1. The fourth-order valence-corrected chi connectivity index (χ4v) is 3.89. The average Bonchev–Trinajstić information content (AvgIpc) is 2.73. The van der Waals surface area contributed by atoms with Gasteiger partial charge in [0.1, 0.15) is 5.69 Å². The van der Waals surface area contributed by atoms with E-state index in [2.05, 4.69) is 6.07 Å². The van der Waals surface area contributed by atoms with E-state index in [0.29, 0.717) is 38.2 Å². The first-order chi connectivity index (χ1) is 14.7. The summed E-state index contributed by atoms with van der Waals surface area (Å²) in [5.74, 6) is -0.0531. The van der Waals surface area contributed by atoms with Gasteiger partial charge in [0.25, 0.3) is 0 Å². The first-order valence-corrected chi connectivity index (χ1v) is 10.5. The maximum absolute atomic E-state index is 13.0. The van der Waals surface area contributed by atoms with E-state index in [0.717, 1.165) is 16.8 Å². The molecular weight excluding hydrogens is 429 g/mol. The molecule has 1 aromatic heterocycles. The number of aliphatic imine (C=N–C) groups is 1. The molecule has 4 rings (SSSR count). The summed E-state index contributed by atoms with van der Waals surface area (Å²) in [7, 11) is 0. The minimum absolute atomic E-state index is 0.0531. The third kappa shape index (κ3) is 4.12. The van der Waals surface area contributed by atoms with Crippen molar-refractivity contribution in [2.24, 2.45) is 10.4 Å². The van der Waals surface area contributed by atoms with Crippen LogP contribution in [0.25, 0.3) is 22.4 Å². The molecule has 0 unspecified atom stereocenters. The lowest BCUT2D eigenvalue weighted by Crippen LogP contribution is -2.26. The number of carbonyl (C=O) groups is 1. The van der Waals surface area contributed by atoms with E-state index in [1.54, 1.807) is 30.3 Å². The molecule has 2 heterocycles. The summed E-state index contributed by atoms with van der Waals surface area (Å²) in [5.41, 5.74) is 4.83. The lowest BCUT2D eigenvalue weighted by Gasteiger charge is -2.25. The van der Waals surface area contributed by atoms with Crippen molar-refractivity contribution in [3.8, 4) is 28.5 Å². The molecule has 0 spiro atoms. The summed E-state index contributed by atoms with van der Waals surface area (Å²) in [5, 5.41) is 10.2. The second-order valence-corrected chi connectivity index (χ2v) is 9.32. The van der Waals surface area contributed by atoms with Gasteiger partial charge in [0, 0.05) is 37.9 Å². The quantitative estimate of drug-likeness (QED) is 0.413. The molecule has 1 aliphatic heterocycles. The smallest absolute Gasteiger partial charge is 0.189 e. The van der Waals surface area contributed by atoms with Crippen LogP contribution < -0.4 is 0 Å². The molecular formula is C25H19Cl2N3O. The van der Waals surface area contributed by atoms with Gasteiger partial charge >= 0.3 is 0 Å². The number of nitrogens with zero attached hydrogens (tertiary/aromatic N) is 3. The minimum Gasteiger partial charge on any atom is -0.292 e. The largest absolute Gasteiger partial charge is 0.292 e. The van der Waals surface area contributed by atoms with Crippen LogP contribution in [0.1, 0.15) is 43.2 Å². The molecule has 31 heavy (non-hydrogen) atoms. The molecule has 2 aromatic carbocycles. The molecule has 4 nitrogen and oxygen atoms in total. The van der Waals surface area contributed by atoms with Gasteiger partial charge in [-0.1, -0.05) is 62.2 Å². The number of halogens is 2. The zero-order valence-corrected chi connectivity index (χ0v) is 18.8. The normalized spacial score (nSPS) is 13.4. The van der Waals surface area contributed by atoms with Crippen molar-refractivity contribution in [2.45, 2.75) is 27.2 Å².